The molecule has 1 fully saturated rings. The van der Waals surface area contributed by atoms with Crippen LogP contribution < -0.4 is 10.2 Å². The van der Waals surface area contributed by atoms with Gasteiger partial charge in [0.05, 0.1) is 6.42 Å². The van der Waals surface area contributed by atoms with E-state index in [1.807, 2.05) is 42.2 Å². The fraction of sp³-hybridized carbons (Fsp3) is 0.300. The van der Waals surface area contributed by atoms with E-state index in [-0.39, 0.29) is 11.8 Å². The first-order chi connectivity index (χ1) is 12.0. The SMILES string of the molecule is Cc1cc(NC(=O)Cc2ccc(Cl)cc2)ccc1N1CCCCC1=O. The molecule has 130 valence electrons. The van der Waals surface area contributed by atoms with Crippen molar-refractivity contribution in [2.75, 3.05) is 16.8 Å². The zero-order chi connectivity index (χ0) is 17.8. The van der Waals surface area contributed by atoms with Crippen molar-refractivity contribution >= 4 is 34.8 Å². The number of carbonyl (C=O) groups excluding carboxylic acids is 2. The molecule has 0 bridgehead atoms. The molecule has 0 aliphatic carbocycles. The summed E-state index contributed by atoms with van der Waals surface area (Å²) in [7, 11) is 0. The number of aryl methyl sites for hydroxylation is 1. The maximum atomic E-state index is 12.2. The molecule has 2 aromatic rings. The average Bonchev–Trinajstić information content (AvgIpc) is 2.58. The normalized spacial score (nSPS) is 14.5. The summed E-state index contributed by atoms with van der Waals surface area (Å²) in [6, 6.07) is 12.9. The molecular weight excluding hydrogens is 336 g/mol. The monoisotopic (exact) mass is 356 g/mol. The van der Waals surface area contributed by atoms with Crippen molar-refractivity contribution in [1.29, 1.82) is 0 Å². The van der Waals surface area contributed by atoms with Crippen LogP contribution >= 0.6 is 11.6 Å². The minimum atomic E-state index is -0.0801. The Balaban J connectivity index is 1.67. The van der Waals surface area contributed by atoms with E-state index < -0.39 is 0 Å². The Morgan fingerprint density at radius 1 is 1.16 bits per heavy atom. The molecule has 1 N–H and O–H groups in total. The summed E-state index contributed by atoms with van der Waals surface area (Å²) in [5.41, 5.74) is 3.57. The lowest BCUT2D eigenvalue weighted by Crippen LogP contribution is -2.35. The Bertz CT molecular complexity index is 787. The van der Waals surface area contributed by atoms with Gasteiger partial charge in [0.15, 0.2) is 0 Å². The molecule has 0 aromatic heterocycles. The van der Waals surface area contributed by atoms with Gasteiger partial charge < -0.3 is 10.2 Å². The van der Waals surface area contributed by atoms with Gasteiger partial charge in [-0.15, -0.1) is 0 Å². The highest BCUT2D eigenvalue weighted by Crippen LogP contribution is 2.27. The summed E-state index contributed by atoms with van der Waals surface area (Å²) in [6.45, 7) is 2.73. The van der Waals surface area contributed by atoms with Crippen molar-refractivity contribution in [3.63, 3.8) is 0 Å². The van der Waals surface area contributed by atoms with Crippen LogP contribution in [0.3, 0.4) is 0 Å². The molecule has 5 heteroatoms. The van der Waals surface area contributed by atoms with E-state index in [0.29, 0.717) is 17.9 Å². The van der Waals surface area contributed by atoms with Crippen LogP contribution in [0.25, 0.3) is 0 Å². The third-order valence-electron chi connectivity index (χ3n) is 4.37. The Labute approximate surface area is 152 Å². The van der Waals surface area contributed by atoms with Gasteiger partial charge in [0.25, 0.3) is 0 Å². The molecule has 1 heterocycles. The number of hydrogen-bond acceptors (Lipinski definition) is 2. The highest BCUT2D eigenvalue weighted by atomic mass is 35.5. The quantitative estimate of drug-likeness (QED) is 0.885. The van der Waals surface area contributed by atoms with Gasteiger partial charge in [0.2, 0.25) is 11.8 Å². The summed E-state index contributed by atoms with van der Waals surface area (Å²) < 4.78 is 0. The van der Waals surface area contributed by atoms with Crippen LogP contribution in [0, 0.1) is 6.92 Å². The zero-order valence-electron chi connectivity index (χ0n) is 14.2. The standard InChI is InChI=1S/C20H21ClN2O2/c1-14-12-17(9-10-18(14)23-11-3-2-4-20(23)25)22-19(24)13-15-5-7-16(21)8-6-15/h5-10,12H,2-4,11,13H2,1H3,(H,22,24). The fourth-order valence-corrected chi connectivity index (χ4v) is 3.22. The molecule has 1 aliphatic rings. The third kappa shape index (κ3) is 4.40. The summed E-state index contributed by atoms with van der Waals surface area (Å²) in [5, 5.41) is 3.57. The maximum Gasteiger partial charge on any atom is 0.228 e. The number of carbonyl (C=O) groups is 2. The summed E-state index contributed by atoms with van der Waals surface area (Å²) in [4.78, 5) is 26.1. The van der Waals surface area contributed by atoms with Crippen LogP contribution in [0.4, 0.5) is 11.4 Å². The highest BCUT2D eigenvalue weighted by Gasteiger charge is 2.21. The fourth-order valence-electron chi connectivity index (χ4n) is 3.09. The predicted molar refractivity (Wildman–Crippen MR) is 101 cm³/mol. The molecule has 0 unspecified atom stereocenters. The van der Waals surface area contributed by atoms with Gasteiger partial charge in [0, 0.05) is 29.4 Å². The van der Waals surface area contributed by atoms with Crippen molar-refractivity contribution in [3.05, 3.63) is 58.6 Å². The van der Waals surface area contributed by atoms with Gasteiger partial charge in [0.1, 0.15) is 0 Å². The van der Waals surface area contributed by atoms with E-state index >= 15 is 0 Å². The van der Waals surface area contributed by atoms with Gasteiger partial charge in [-0.05, 0) is 61.2 Å². The number of benzene rings is 2. The molecule has 1 aliphatic heterocycles. The van der Waals surface area contributed by atoms with Crippen LogP contribution in [-0.4, -0.2) is 18.4 Å². The molecule has 0 saturated carbocycles. The van der Waals surface area contributed by atoms with E-state index in [1.165, 1.54) is 0 Å². The number of anilines is 2. The van der Waals surface area contributed by atoms with E-state index in [1.54, 1.807) is 12.1 Å². The second-order valence-corrected chi connectivity index (χ2v) is 6.79. The van der Waals surface area contributed by atoms with Crippen LogP contribution in [-0.2, 0) is 16.0 Å². The van der Waals surface area contributed by atoms with Crippen molar-refractivity contribution in [3.8, 4) is 0 Å². The lowest BCUT2D eigenvalue weighted by atomic mass is 10.1. The van der Waals surface area contributed by atoms with Gasteiger partial charge in [-0.2, -0.15) is 0 Å². The summed E-state index contributed by atoms with van der Waals surface area (Å²) in [6.07, 6.45) is 2.90. The Hall–Kier alpha value is -2.33. The third-order valence-corrected chi connectivity index (χ3v) is 4.62. The summed E-state index contributed by atoms with van der Waals surface area (Å²) in [5.74, 6) is 0.0948. The van der Waals surface area contributed by atoms with Crippen LogP contribution in [0.5, 0.6) is 0 Å². The van der Waals surface area contributed by atoms with Crippen LogP contribution in [0.15, 0.2) is 42.5 Å². The van der Waals surface area contributed by atoms with Gasteiger partial charge >= 0.3 is 0 Å². The molecule has 2 aromatic carbocycles. The van der Waals surface area contributed by atoms with Crippen molar-refractivity contribution in [2.45, 2.75) is 32.6 Å². The minimum absolute atomic E-state index is 0.0801. The first-order valence-corrected chi connectivity index (χ1v) is 8.86. The van der Waals surface area contributed by atoms with E-state index in [4.69, 9.17) is 11.6 Å². The van der Waals surface area contributed by atoms with Gasteiger partial charge in [-0.1, -0.05) is 23.7 Å². The molecule has 2 amide bonds. The number of nitrogens with zero attached hydrogens (tertiary/aromatic N) is 1. The van der Waals surface area contributed by atoms with Crippen molar-refractivity contribution in [1.82, 2.24) is 0 Å². The molecule has 0 atom stereocenters. The number of rotatable bonds is 4. The summed E-state index contributed by atoms with van der Waals surface area (Å²) >= 11 is 5.86. The van der Waals surface area contributed by atoms with Crippen molar-refractivity contribution < 1.29 is 9.59 Å². The number of hydrogen-bond donors (Lipinski definition) is 1. The molecule has 0 spiro atoms. The minimum Gasteiger partial charge on any atom is -0.326 e. The Kier molecular flexibility index (Phi) is 5.39. The smallest absolute Gasteiger partial charge is 0.228 e. The molecule has 25 heavy (non-hydrogen) atoms. The molecule has 3 rings (SSSR count). The van der Waals surface area contributed by atoms with Crippen molar-refractivity contribution in [2.24, 2.45) is 0 Å². The average molecular weight is 357 g/mol. The van der Waals surface area contributed by atoms with Gasteiger partial charge in [-0.3, -0.25) is 9.59 Å². The maximum absolute atomic E-state index is 12.2. The van der Waals surface area contributed by atoms with E-state index in [2.05, 4.69) is 5.32 Å². The number of piperidine rings is 1. The Morgan fingerprint density at radius 2 is 1.92 bits per heavy atom. The first-order valence-electron chi connectivity index (χ1n) is 8.48. The Morgan fingerprint density at radius 3 is 2.60 bits per heavy atom. The van der Waals surface area contributed by atoms with Crippen LogP contribution in [0.1, 0.15) is 30.4 Å². The number of amides is 2. The number of nitrogens with one attached hydrogen (secondary N) is 1. The number of halogens is 1. The van der Waals surface area contributed by atoms with E-state index in [9.17, 15) is 9.59 Å². The lowest BCUT2D eigenvalue weighted by molar-refractivity contribution is -0.119. The second-order valence-electron chi connectivity index (χ2n) is 6.36. The lowest BCUT2D eigenvalue weighted by Gasteiger charge is -2.28. The molecular formula is C20H21ClN2O2. The van der Waals surface area contributed by atoms with E-state index in [0.717, 1.165) is 41.9 Å². The largest absolute Gasteiger partial charge is 0.326 e. The second kappa shape index (κ2) is 7.70. The van der Waals surface area contributed by atoms with Crippen LogP contribution in [0.2, 0.25) is 5.02 Å². The highest BCUT2D eigenvalue weighted by molar-refractivity contribution is 6.30. The molecule has 0 radical (unpaired) electrons. The molecule has 4 nitrogen and oxygen atoms in total. The molecule has 1 saturated heterocycles. The predicted octanol–water partition coefficient (Wildman–Crippen LogP) is 4.35. The zero-order valence-corrected chi connectivity index (χ0v) is 15.0. The first kappa shape index (κ1) is 17.5. The van der Waals surface area contributed by atoms with Gasteiger partial charge in [-0.25, -0.2) is 0 Å². The topological polar surface area (TPSA) is 49.4 Å².